The maximum absolute atomic E-state index is 12.1. The van der Waals surface area contributed by atoms with Gasteiger partial charge < -0.3 is 0 Å². The highest BCUT2D eigenvalue weighted by atomic mass is 16.1. The second kappa shape index (κ2) is 4.08. The van der Waals surface area contributed by atoms with E-state index in [1.165, 1.54) is 0 Å². The SMILES string of the molecule is Cc1ccc2[nH]ncc2c1C(=O)CC(C)C. The van der Waals surface area contributed by atoms with Gasteiger partial charge in [-0.2, -0.15) is 5.10 Å². The number of nitrogens with one attached hydrogen (secondary N) is 1. The van der Waals surface area contributed by atoms with Crippen LogP contribution in [-0.2, 0) is 0 Å². The molecule has 0 aliphatic heterocycles. The Kier molecular flexibility index (Phi) is 2.77. The van der Waals surface area contributed by atoms with E-state index in [0.717, 1.165) is 22.0 Å². The van der Waals surface area contributed by atoms with Crippen molar-refractivity contribution in [2.24, 2.45) is 5.92 Å². The first kappa shape index (κ1) is 10.9. The molecule has 1 N–H and O–H groups in total. The lowest BCUT2D eigenvalue weighted by Crippen LogP contribution is -2.06. The second-order valence-electron chi connectivity index (χ2n) is 4.61. The number of ketones is 1. The maximum Gasteiger partial charge on any atom is 0.164 e. The van der Waals surface area contributed by atoms with Crippen LogP contribution in [0.15, 0.2) is 18.3 Å². The Morgan fingerprint density at radius 1 is 1.44 bits per heavy atom. The van der Waals surface area contributed by atoms with Crippen molar-refractivity contribution in [3.05, 3.63) is 29.5 Å². The van der Waals surface area contributed by atoms with Crippen LogP contribution in [0.5, 0.6) is 0 Å². The molecular weight excluding hydrogens is 200 g/mol. The minimum Gasteiger partial charge on any atom is -0.294 e. The molecule has 3 nitrogen and oxygen atoms in total. The van der Waals surface area contributed by atoms with Crippen molar-refractivity contribution >= 4 is 16.7 Å². The van der Waals surface area contributed by atoms with Crippen molar-refractivity contribution in [1.29, 1.82) is 0 Å². The smallest absolute Gasteiger partial charge is 0.164 e. The molecule has 2 rings (SSSR count). The Hall–Kier alpha value is -1.64. The van der Waals surface area contributed by atoms with E-state index in [2.05, 4.69) is 24.0 Å². The van der Waals surface area contributed by atoms with Crippen molar-refractivity contribution in [3.63, 3.8) is 0 Å². The summed E-state index contributed by atoms with van der Waals surface area (Å²) in [6.45, 7) is 6.09. The van der Waals surface area contributed by atoms with Crippen LogP contribution in [0, 0.1) is 12.8 Å². The molecule has 3 heteroatoms. The van der Waals surface area contributed by atoms with Gasteiger partial charge in [-0.3, -0.25) is 9.89 Å². The minimum atomic E-state index is 0.208. The van der Waals surface area contributed by atoms with Crippen LogP contribution in [0.25, 0.3) is 10.9 Å². The van der Waals surface area contributed by atoms with Gasteiger partial charge in [0.1, 0.15) is 0 Å². The zero-order chi connectivity index (χ0) is 11.7. The fourth-order valence-corrected chi connectivity index (χ4v) is 1.97. The molecule has 16 heavy (non-hydrogen) atoms. The van der Waals surface area contributed by atoms with Gasteiger partial charge in [0, 0.05) is 17.4 Å². The molecule has 0 amide bonds. The summed E-state index contributed by atoms with van der Waals surface area (Å²) in [6.07, 6.45) is 2.32. The van der Waals surface area contributed by atoms with Crippen molar-refractivity contribution < 1.29 is 4.79 Å². The van der Waals surface area contributed by atoms with Crippen LogP contribution in [-0.4, -0.2) is 16.0 Å². The third-order valence-corrected chi connectivity index (χ3v) is 2.70. The summed E-state index contributed by atoms with van der Waals surface area (Å²) in [5.74, 6) is 0.591. The van der Waals surface area contributed by atoms with Crippen molar-refractivity contribution in [3.8, 4) is 0 Å². The molecule has 0 saturated carbocycles. The lowest BCUT2D eigenvalue weighted by molar-refractivity contribution is 0.0969. The number of carbonyl (C=O) groups is 1. The molecule has 0 unspecified atom stereocenters. The van der Waals surface area contributed by atoms with Gasteiger partial charge in [0.15, 0.2) is 5.78 Å². The lowest BCUT2D eigenvalue weighted by Gasteiger charge is -2.08. The van der Waals surface area contributed by atoms with E-state index in [1.807, 2.05) is 19.1 Å². The predicted octanol–water partition coefficient (Wildman–Crippen LogP) is 3.10. The Balaban J connectivity index is 2.53. The highest BCUT2D eigenvalue weighted by molar-refractivity contribution is 6.08. The molecule has 1 aromatic heterocycles. The second-order valence-corrected chi connectivity index (χ2v) is 4.61. The molecule has 0 fully saturated rings. The normalized spacial score (nSPS) is 11.2. The van der Waals surface area contributed by atoms with Gasteiger partial charge in [0.2, 0.25) is 0 Å². The Labute approximate surface area is 94.9 Å². The van der Waals surface area contributed by atoms with E-state index < -0.39 is 0 Å². The van der Waals surface area contributed by atoms with Gasteiger partial charge in [-0.05, 0) is 24.5 Å². The molecule has 0 aliphatic rings. The molecule has 0 spiro atoms. The standard InChI is InChI=1S/C13H16N2O/c1-8(2)6-12(16)13-9(3)4-5-11-10(13)7-14-15-11/h4-5,7-8H,6H2,1-3H3,(H,14,15). The maximum atomic E-state index is 12.1. The summed E-state index contributed by atoms with van der Waals surface area (Å²) in [6, 6.07) is 3.93. The number of carbonyl (C=O) groups excluding carboxylic acids is 1. The summed E-state index contributed by atoms with van der Waals surface area (Å²) in [7, 11) is 0. The van der Waals surface area contributed by atoms with Gasteiger partial charge in [-0.1, -0.05) is 19.9 Å². The number of aromatic nitrogens is 2. The summed E-state index contributed by atoms with van der Waals surface area (Å²) < 4.78 is 0. The van der Waals surface area contributed by atoms with E-state index >= 15 is 0 Å². The third-order valence-electron chi connectivity index (χ3n) is 2.70. The van der Waals surface area contributed by atoms with E-state index in [-0.39, 0.29) is 5.78 Å². The van der Waals surface area contributed by atoms with Crippen LogP contribution in [0.2, 0.25) is 0 Å². The van der Waals surface area contributed by atoms with E-state index in [1.54, 1.807) is 6.20 Å². The van der Waals surface area contributed by atoms with Crippen LogP contribution < -0.4 is 0 Å². The molecular formula is C13H16N2O. The van der Waals surface area contributed by atoms with E-state index in [0.29, 0.717) is 12.3 Å². The Bertz CT molecular complexity index is 526. The summed E-state index contributed by atoms with van der Waals surface area (Å²) in [5, 5.41) is 7.82. The van der Waals surface area contributed by atoms with Gasteiger partial charge in [0.05, 0.1) is 11.7 Å². The number of Topliss-reactive ketones (excluding diaryl/α,β-unsaturated/α-hetero) is 1. The fourth-order valence-electron chi connectivity index (χ4n) is 1.97. The molecule has 2 aromatic rings. The van der Waals surface area contributed by atoms with Crippen molar-refractivity contribution in [2.45, 2.75) is 27.2 Å². The first-order chi connectivity index (χ1) is 7.59. The zero-order valence-electron chi connectivity index (χ0n) is 9.87. The number of nitrogens with zero attached hydrogens (tertiary/aromatic N) is 1. The Morgan fingerprint density at radius 2 is 2.19 bits per heavy atom. The number of aromatic amines is 1. The third kappa shape index (κ3) is 1.85. The van der Waals surface area contributed by atoms with Crippen LogP contribution in [0.1, 0.15) is 36.2 Å². The zero-order valence-corrected chi connectivity index (χ0v) is 9.87. The van der Waals surface area contributed by atoms with Gasteiger partial charge in [-0.15, -0.1) is 0 Å². The molecule has 84 valence electrons. The van der Waals surface area contributed by atoms with Crippen LogP contribution in [0.4, 0.5) is 0 Å². The van der Waals surface area contributed by atoms with E-state index in [4.69, 9.17) is 0 Å². The average Bonchev–Trinajstić information content (AvgIpc) is 2.63. The number of benzene rings is 1. The van der Waals surface area contributed by atoms with Gasteiger partial charge >= 0.3 is 0 Å². The number of aryl methyl sites for hydroxylation is 1. The van der Waals surface area contributed by atoms with Gasteiger partial charge in [0.25, 0.3) is 0 Å². The minimum absolute atomic E-state index is 0.208. The highest BCUT2D eigenvalue weighted by Crippen LogP contribution is 2.22. The molecule has 1 aromatic carbocycles. The summed E-state index contributed by atoms with van der Waals surface area (Å²) in [5.41, 5.74) is 2.78. The average molecular weight is 216 g/mol. The van der Waals surface area contributed by atoms with Crippen LogP contribution >= 0.6 is 0 Å². The van der Waals surface area contributed by atoms with Gasteiger partial charge in [-0.25, -0.2) is 0 Å². The molecule has 1 heterocycles. The number of fused-ring (bicyclic) bond motifs is 1. The summed E-state index contributed by atoms with van der Waals surface area (Å²) >= 11 is 0. The highest BCUT2D eigenvalue weighted by Gasteiger charge is 2.15. The molecule has 0 aliphatic carbocycles. The largest absolute Gasteiger partial charge is 0.294 e. The number of hydrogen-bond acceptors (Lipinski definition) is 2. The van der Waals surface area contributed by atoms with Crippen molar-refractivity contribution in [1.82, 2.24) is 10.2 Å². The topological polar surface area (TPSA) is 45.8 Å². The lowest BCUT2D eigenvalue weighted by atomic mass is 9.95. The summed E-state index contributed by atoms with van der Waals surface area (Å²) in [4.78, 5) is 12.1. The molecule has 0 bridgehead atoms. The first-order valence-corrected chi connectivity index (χ1v) is 5.55. The quantitative estimate of drug-likeness (QED) is 0.801. The number of rotatable bonds is 3. The van der Waals surface area contributed by atoms with Crippen LogP contribution in [0.3, 0.4) is 0 Å². The molecule has 0 saturated heterocycles. The Morgan fingerprint density at radius 3 is 2.88 bits per heavy atom. The fraction of sp³-hybridized carbons (Fsp3) is 0.385. The first-order valence-electron chi connectivity index (χ1n) is 5.55. The number of H-pyrrole nitrogens is 1. The van der Waals surface area contributed by atoms with Crippen molar-refractivity contribution in [2.75, 3.05) is 0 Å². The molecule has 0 radical (unpaired) electrons. The monoisotopic (exact) mass is 216 g/mol. The van der Waals surface area contributed by atoms with E-state index in [9.17, 15) is 4.79 Å². The number of hydrogen-bond donors (Lipinski definition) is 1. The molecule has 0 atom stereocenters. The predicted molar refractivity (Wildman–Crippen MR) is 64.6 cm³/mol.